The van der Waals surface area contributed by atoms with E-state index < -0.39 is 12.1 Å². The number of amides is 2. The van der Waals surface area contributed by atoms with E-state index in [0.29, 0.717) is 12.1 Å². The van der Waals surface area contributed by atoms with Crippen molar-refractivity contribution in [2.24, 2.45) is 5.92 Å². The second kappa shape index (κ2) is 9.90. The van der Waals surface area contributed by atoms with E-state index in [1.807, 2.05) is 69.3 Å². The van der Waals surface area contributed by atoms with Gasteiger partial charge in [0, 0.05) is 11.6 Å². The van der Waals surface area contributed by atoms with Gasteiger partial charge in [-0.05, 0) is 53.6 Å². The second-order valence-electron chi connectivity index (χ2n) is 9.01. The molecule has 0 radical (unpaired) electrons. The maximum atomic E-state index is 12.9. The zero-order chi connectivity index (χ0) is 23.4. The number of hydrogen-bond acceptors (Lipinski definition) is 3. The first kappa shape index (κ1) is 22.6. The highest BCUT2D eigenvalue weighted by atomic mass is 16.5. The summed E-state index contributed by atoms with van der Waals surface area (Å²) in [6, 6.07) is 23.3. The zero-order valence-electron chi connectivity index (χ0n) is 19.3. The molecule has 0 spiro atoms. The van der Waals surface area contributed by atoms with E-state index in [4.69, 9.17) is 4.74 Å². The van der Waals surface area contributed by atoms with Gasteiger partial charge in [-0.3, -0.25) is 4.79 Å². The van der Waals surface area contributed by atoms with E-state index in [1.54, 1.807) is 0 Å². The molecule has 1 atom stereocenters. The van der Waals surface area contributed by atoms with Gasteiger partial charge in [0.2, 0.25) is 5.91 Å². The van der Waals surface area contributed by atoms with E-state index >= 15 is 0 Å². The smallest absolute Gasteiger partial charge is 0.407 e. The molecule has 0 saturated heterocycles. The summed E-state index contributed by atoms with van der Waals surface area (Å²) >= 11 is 0. The van der Waals surface area contributed by atoms with E-state index in [1.165, 1.54) is 11.1 Å². The Morgan fingerprint density at radius 1 is 0.879 bits per heavy atom. The summed E-state index contributed by atoms with van der Waals surface area (Å²) < 4.78 is 5.64. The Labute approximate surface area is 195 Å². The first-order chi connectivity index (χ1) is 15.9. The number of aryl methyl sites for hydroxylation is 1. The Bertz CT molecular complexity index is 1090. The molecule has 0 unspecified atom stereocenters. The molecule has 2 N–H and O–H groups in total. The summed E-state index contributed by atoms with van der Waals surface area (Å²) in [5.74, 6) is -0.0400. The van der Waals surface area contributed by atoms with Gasteiger partial charge in [0.25, 0.3) is 0 Å². The molecule has 5 heteroatoms. The van der Waals surface area contributed by atoms with Gasteiger partial charge in [0.15, 0.2) is 0 Å². The average Bonchev–Trinajstić information content (AvgIpc) is 3.12. The maximum absolute atomic E-state index is 12.9. The lowest BCUT2D eigenvalue weighted by Crippen LogP contribution is -2.45. The lowest BCUT2D eigenvalue weighted by molar-refractivity contribution is -0.118. The topological polar surface area (TPSA) is 67.4 Å². The summed E-state index contributed by atoms with van der Waals surface area (Å²) in [5.41, 5.74) is 6.48. The van der Waals surface area contributed by atoms with E-state index in [9.17, 15) is 9.59 Å². The molecule has 2 amide bonds. The highest BCUT2D eigenvalue weighted by Gasteiger charge is 2.30. The van der Waals surface area contributed by atoms with Crippen LogP contribution in [0.5, 0.6) is 0 Å². The summed E-state index contributed by atoms with van der Waals surface area (Å²) in [7, 11) is 0. The molecule has 0 fully saturated rings. The van der Waals surface area contributed by atoms with E-state index in [-0.39, 0.29) is 24.3 Å². The van der Waals surface area contributed by atoms with Crippen LogP contribution in [0.15, 0.2) is 72.8 Å². The fourth-order valence-electron chi connectivity index (χ4n) is 4.35. The Morgan fingerprint density at radius 2 is 1.45 bits per heavy atom. The molecular formula is C28H30N2O3. The summed E-state index contributed by atoms with van der Waals surface area (Å²) in [5, 5.41) is 5.67. The Kier molecular flexibility index (Phi) is 6.78. The monoisotopic (exact) mass is 442 g/mol. The maximum Gasteiger partial charge on any atom is 0.407 e. The Hall–Kier alpha value is -3.60. The Morgan fingerprint density at radius 3 is 2.03 bits per heavy atom. The van der Waals surface area contributed by atoms with Crippen molar-refractivity contribution in [3.63, 3.8) is 0 Å². The second-order valence-corrected chi connectivity index (χ2v) is 9.01. The van der Waals surface area contributed by atoms with Crippen LogP contribution in [0.2, 0.25) is 0 Å². The number of benzene rings is 3. The van der Waals surface area contributed by atoms with Crippen molar-refractivity contribution >= 4 is 17.7 Å². The van der Waals surface area contributed by atoms with Crippen molar-refractivity contribution in [1.29, 1.82) is 0 Å². The molecule has 3 aromatic rings. The number of alkyl carbamates (subject to hydrolysis) is 1. The highest BCUT2D eigenvalue weighted by Crippen LogP contribution is 2.44. The van der Waals surface area contributed by atoms with Gasteiger partial charge >= 0.3 is 6.09 Å². The average molecular weight is 443 g/mol. The molecule has 0 aliphatic heterocycles. The molecule has 170 valence electrons. The van der Waals surface area contributed by atoms with Gasteiger partial charge in [-0.2, -0.15) is 0 Å². The van der Waals surface area contributed by atoms with Crippen LogP contribution in [0.3, 0.4) is 0 Å². The molecule has 1 aliphatic rings. The van der Waals surface area contributed by atoms with Crippen LogP contribution >= 0.6 is 0 Å². The lowest BCUT2D eigenvalue weighted by Gasteiger charge is -2.21. The quantitative estimate of drug-likeness (QED) is 0.480. The van der Waals surface area contributed by atoms with Gasteiger partial charge in [-0.25, -0.2) is 4.79 Å². The fraction of sp³-hybridized carbons (Fsp3) is 0.286. The third-order valence-corrected chi connectivity index (χ3v) is 5.98. The molecule has 0 heterocycles. The number of anilines is 1. The van der Waals surface area contributed by atoms with Crippen molar-refractivity contribution < 1.29 is 14.3 Å². The van der Waals surface area contributed by atoms with Crippen molar-refractivity contribution in [3.05, 3.63) is 89.5 Å². The molecule has 1 aliphatic carbocycles. The number of hydrogen-bond donors (Lipinski definition) is 2. The molecule has 5 nitrogen and oxygen atoms in total. The lowest BCUT2D eigenvalue weighted by atomic mass is 9.98. The molecule has 33 heavy (non-hydrogen) atoms. The molecule has 3 aromatic carbocycles. The molecular weight excluding hydrogens is 412 g/mol. The van der Waals surface area contributed by atoms with Gasteiger partial charge in [-0.1, -0.05) is 80.1 Å². The van der Waals surface area contributed by atoms with Crippen LogP contribution in [-0.4, -0.2) is 24.6 Å². The van der Waals surface area contributed by atoms with E-state index in [0.717, 1.165) is 16.7 Å². The predicted molar refractivity (Wildman–Crippen MR) is 131 cm³/mol. The van der Waals surface area contributed by atoms with Crippen LogP contribution < -0.4 is 10.6 Å². The van der Waals surface area contributed by atoms with Crippen LogP contribution in [0.4, 0.5) is 10.5 Å². The largest absolute Gasteiger partial charge is 0.449 e. The third kappa shape index (κ3) is 5.25. The molecule has 0 aromatic heterocycles. The standard InChI is InChI=1S/C28H30N2O3/c1-18(2)16-26(27(31)29-20-14-12-19(3)13-15-20)30-28(32)33-17-25-23-10-6-4-8-21(23)22-9-5-7-11-24(22)25/h4-15,18,25-26H,16-17H2,1-3H3,(H,29,31)(H,30,32)/t26-/m0/s1. The number of nitrogens with one attached hydrogen (secondary N) is 2. The Balaban J connectivity index is 1.42. The predicted octanol–water partition coefficient (Wildman–Crippen LogP) is 5.89. The minimum atomic E-state index is -0.679. The van der Waals surface area contributed by atoms with Crippen LogP contribution in [0.25, 0.3) is 11.1 Å². The van der Waals surface area contributed by atoms with Gasteiger partial charge in [0.05, 0.1) is 0 Å². The zero-order valence-corrected chi connectivity index (χ0v) is 19.3. The van der Waals surface area contributed by atoms with Crippen LogP contribution in [0.1, 0.15) is 42.9 Å². The minimum Gasteiger partial charge on any atom is -0.449 e. The summed E-state index contributed by atoms with van der Waals surface area (Å²) in [4.78, 5) is 25.6. The molecule has 0 bridgehead atoms. The highest BCUT2D eigenvalue weighted by molar-refractivity contribution is 5.96. The van der Waals surface area contributed by atoms with Crippen molar-refractivity contribution in [3.8, 4) is 11.1 Å². The summed E-state index contributed by atoms with van der Waals surface area (Å²) in [6.07, 6.45) is -0.0661. The van der Waals surface area contributed by atoms with Crippen molar-refractivity contribution in [1.82, 2.24) is 5.32 Å². The number of carbonyl (C=O) groups is 2. The van der Waals surface area contributed by atoms with Gasteiger partial charge in [-0.15, -0.1) is 0 Å². The number of carbonyl (C=O) groups excluding carboxylic acids is 2. The van der Waals surface area contributed by atoms with Crippen LogP contribution in [0, 0.1) is 12.8 Å². The van der Waals surface area contributed by atoms with Crippen molar-refractivity contribution in [2.75, 3.05) is 11.9 Å². The number of ether oxygens (including phenoxy) is 1. The van der Waals surface area contributed by atoms with Gasteiger partial charge < -0.3 is 15.4 Å². The van der Waals surface area contributed by atoms with E-state index in [2.05, 4.69) is 34.9 Å². The normalized spacial score (nSPS) is 13.2. The summed E-state index contributed by atoms with van der Waals surface area (Å²) in [6.45, 7) is 6.25. The SMILES string of the molecule is Cc1ccc(NC(=O)[C@H](CC(C)C)NC(=O)OCC2c3ccccc3-c3ccccc32)cc1. The van der Waals surface area contributed by atoms with Crippen LogP contribution in [-0.2, 0) is 9.53 Å². The molecule has 0 saturated carbocycles. The minimum absolute atomic E-state index is 0.0203. The third-order valence-electron chi connectivity index (χ3n) is 5.98. The first-order valence-corrected chi connectivity index (χ1v) is 11.4. The molecule has 4 rings (SSSR count). The fourth-order valence-corrected chi connectivity index (χ4v) is 4.35. The van der Waals surface area contributed by atoms with Crippen molar-refractivity contribution in [2.45, 2.75) is 39.2 Å². The number of rotatable bonds is 7. The number of fused-ring (bicyclic) bond motifs is 3. The first-order valence-electron chi connectivity index (χ1n) is 11.4. The van der Waals surface area contributed by atoms with Gasteiger partial charge in [0.1, 0.15) is 12.6 Å².